The van der Waals surface area contributed by atoms with Crippen molar-refractivity contribution in [3.8, 4) is 0 Å². The Morgan fingerprint density at radius 1 is 0.700 bits per heavy atom. The smallest absolute Gasteiger partial charge is 0.333 e. The maximum Gasteiger partial charge on any atom is 0.333 e. The van der Waals surface area contributed by atoms with Gasteiger partial charge in [-0.25, -0.2) is 4.79 Å². The van der Waals surface area contributed by atoms with Crippen molar-refractivity contribution in [1.82, 2.24) is 9.80 Å². The van der Waals surface area contributed by atoms with E-state index < -0.39 is 17.8 Å². The molecule has 1 saturated heterocycles. The Labute approximate surface area is 235 Å². The number of hydrogen-bond acceptors (Lipinski definition) is 6. The van der Waals surface area contributed by atoms with Crippen LogP contribution in [0.25, 0.3) is 12.2 Å². The van der Waals surface area contributed by atoms with E-state index in [2.05, 4.69) is 0 Å². The van der Waals surface area contributed by atoms with Crippen molar-refractivity contribution in [3.63, 3.8) is 0 Å². The summed E-state index contributed by atoms with van der Waals surface area (Å²) >= 11 is 0. The van der Waals surface area contributed by atoms with Gasteiger partial charge in [-0.2, -0.15) is 0 Å². The minimum atomic E-state index is -0.644. The van der Waals surface area contributed by atoms with Crippen LogP contribution in [0.1, 0.15) is 18.1 Å². The largest absolute Gasteiger partial charge is 0.457 e. The van der Waals surface area contributed by atoms with Gasteiger partial charge in [0.15, 0.2) is 0 Å². The number of rotatable bonds is 7. The van der Waals surface area contributed by atoms with E-state index in [0.29, 0.717) is 17.1 Å². The van der Waals surface area contributed by atoms with Gasteiger partial charge in [-0.05, 0) is 66.6 Å². The number of likely N-dealkylation sites (N-methyl/N-ethyl adjacent to an activating group) is 2. The monoisotopic (exact) mass is 538 g/mol. The predicted molar refractivity (Wildman–Crippen MR) is 159 cm³/mol. The maximum absolute atomic E-state index is 13.2. The van der Waals surface area contributed by atoms with Crippen molar-refractivity contribution >= 4 is 41.4 Å². The van der Waals surface area contributed by atoms with Gasteiger partial charge in [-0.1, -0.05) is 36.4 Å². The zero-order chi connectivity index (χ0) is 29.0. The molecule has 0 unspecified atom stereocenters. The summed E-state index contributed by atoms with van der Waals surface area (Å²) in [5.41, 5.74) is 4.40. The number of benzene rings is 2. The Morgan fingerprint density at radius 3 is 1.55 bits per heavy atom. The number of imide groups is 2. The van der Waals surface area contributed by atoms with Gasteiger partial charge >= 0.3 is 6.03 Å². The number of amides is 4. The lowest BCUT2D eigenvalue weighted by atomic mass is 10.00. The minimum absolute atomic E-state index is 0.0743. The molecule has 0 aromatic heterocycles. The lowest BCUT2D eigenvalue weighted by molar-refractivity contribution is -0.135. The first-order valence-corrected chi connectivity index (χ1v) is 13.0. The highest BCUT2D eigenvalue weighted by atomic mass is 16.5. The predicted octanol–water partition coefficient (Wildman–Crippen LogP) is 5.08. The van der Waals surface area contributed by atoms with E-state index >= 15 is 0 Å². The van der Waals surface area contributed by atoms with E-state index in [0.717, 1.165) is 32.3 Å². The van der Waals surface area contributed by atoms with E-state index in [9.17, 15) is 14.4 Å². The zero-order valence-corrected chi connectivity index (χ0v) is 23.7. The summed E-state index contributed by atoms with van der Waals surface area (Å²) in [6.45, 7) is 1.85. The molecule has 2 aromatic rings. The molecule has 8 nitrogen and oxygen atoms in total. The molecule has 40 heavy (non-hydrogen) atoms. The van der Waals surface area contributed by atoms with Crippen LogP contribution in [0, 0.1) is 0 Å². The molecule has 0 aliphatic carbocycles. The molecule has 0 N–H and O–H groups in total. The summed E-state index contributed by atoms with van der Waals surface area (Å²) < 4.78 is 6.13. The first-order valence-electron chi connectivity index (χ1n) is 13.0. The number of ether oxygens (including phenoxy) is 1. The molecule has 2 aromatic carbocycles. The molecular weight excluding hydrogens is 504 g/mol. The molecule has 1 fully saturated rings. The molecule has 2 aliphatic rings. The fraction of sp³-hybridized carbons (Fsp3) is 0.219. The normalized spacial score (nSPS) is 16.1. The fourth-order valence-corrected chi connectivity index (χ4v) is 4.25. The summed E-state index contributed by atoms with van der Waals surface area (Å²) in [6.07, 6.45) is 10.7. The highest BCUT2D eigenvalue weighted by Gasteiger charge is 2.40. The van der Waals surface area contributed by atoms with E-state index in [4.69, 9.17) is 4.74 Å². The molecule has 0 atom stereocenters. The van der Waals surface area contributed by atoms with Crippen molar-refractivity contribution in [3.05, 3.63) is 107 Å². The second-order valence-corrected chi connectivity index (χ2v) is 9.86. The maximum atomic E-state index is 13.2. The second-order valence-electron chi connectivity index (χ2n) is 9.86. The Kier molecular flexibility index (Phi) is 8.38. The van der Waals surface area contributed by atoms with E-state index in [1.54, 1.807) is 31.2 Å². The van der Waals surface area contributed by atoms with Crippen LogP contribution in [0.4, 0.5) is 16.2 Å². The average Bonchev–Trinajstić information content (AvgIpc) is 2.94. The fourth-order valence-electron chi connectivity index (χ4n) is 4.25. The lowest BCUT2D eigenvalue weighted by Gasteiger charge is -2.32. The molecule has 4 rings (SSSR count). The van der Waals surface area contributed by atoms with E-state index in [-0.39, 0.29) is 12.1 Å². The summed E-state index contributed by atoms with van der Waals surface area (Å²) in [7, 11) is 9.31. The number of anilines is 2. The summed E-state index contributed by atoms with van der Waals surface area (Å²) in [5.74, 6) is -0.362. The highest BCUT2D eigenvalue weighted by Crippen LogP contribution is 2.28. The van der Waals surface area contributed by atoms with Gasteiger partial charge in [0.25, 0.3) is 11.8 Å². The lowest BCUT2D eigenvalue weighted by Crippen LogP contribution is -2.55. The SMILES string of the molecule is CCN1C(=O)C(=C2C=C(C=Cc3ccc(N(C)C)cc3)OC(C=Cc3ccc(N(C)C)cc3)=C2)C(=O)N(C)C1=O. The number of barbiturate groups is 1. The minimum Gasteiger partial charge on any atom is -0.457 e. The Bertz CT molecular complexity index is 1380. The molecule has 0 bridgehead atoms. The van der Waals surface area contributed by atoms with Gasteiger partial charge in [-0.15, -0.1) is 0 Å². The number of allylic oxidation sites excluding steroid dienone is 5. The van der Waals surface area contributed by atoms with E-state index in [1.807, 2.05) is 98.7 Å². The van der Waals surface area contributed by atoms with Crippen molar-refractivity contribution in [2.75, 3.05) is 51.6 Å². The molecule has 206 valence electrons. The molecule has 0 radical (unpaired) electrons. The number of carbonyl (C=O) groups is 3. The van der Waals surface area contributed by atoms with Crippen LogP contribution in [0.2, 0.25) is 0 Å². The standard InChI is InChI=1S/C32H34N4O4/c1-7-36-31(38)29(30(37)35(6)32(36)39)24-20-27(18-12-22-8-14-25(15-9-22)33(2)3)40-28(21-24)19-13-23-10-16-26(17-11-23)34(4)5/h8-21H,7H2,1-6H3. The Morgan fingerprint density at radius 2 is 1.15 bits per heavy atom. The molecule has 0 spiro atoms. The summed E-state index contributed by atoms with van der Waals surface area (Å²) in [5, 5.41) is 0. The average molecular weight is 539 g/mol. The van der Waals surface area contributed by atoms with Gasteiger partial charge < -0.3 is 14.5 Å². The summed E-state index contributed by atoms with van der Waals surface area (Å²) in [6, 6.07) is 15.4. The topological polar surface area (TPSA) is 73.4 Å². The van der Waals surface area contributed by atoms with E-state index in [1.165, 1.54) is 7.05 Å². The van der Waals surface area contributed by atoms with Crippen LogP contribution in [-0.2, 0) is 14.3 Å². The third-order valence-electron chi connectivity index (χ3n) is 6.63. The third-order valence-corrected chi connectivity index (χ3v) is 6.63. The van der Waals surface area contributed by atoms with Crippen LogP contribution < -0.4 is 9.80 Å². The molecule has 4 amide bonds. The van der Waals surface area contributed by atoms with Gasteiger partial charge in [0.1, 0.15) is 17.1 Å². The van der Waals surface area contributed by atoms with Gasteiger partial charge in [0.05, 0.1) is 0 Å². The first-order chi connectivity index (χ1) is 19.1. The first kappa shape index (κ1) is 28.2. The van der Waals surface area contributed by atoms with Gasteiger partial charge in [-0.3, -0.25) is 19.4 Å². The van der Waals surface area contributed by atoms with Crippen molar-refractivity contribution in [2.24, 2.45) is 0 Å². The number of hydrogen-bond donors (Lipinski definition) is 0. The molecule has 0 saturated carbocycles. The van der Waals surface area contributed by atoms with Crippen molar-refractivity contribution in [1.29, 1.82) is 0 Å². The zero-order valence-electron chi connectivity index (χ0n) is 23.7. The molecular formula is C32H34N4O4. The van der Waals surface area contributed by atoms with Crippen molar-refractivity contribution in [2.45, 2.75) is 6.92 Å². The van der Waals surface area contributed by atoms with Crippen LogP contribution in [-0.4, -0.2) is 69.4 Å². The van der Waals surface area contributed by atoms with Crippen LogP contribution in [0.15, 0.2) is 95.5 Å². The van der Waals surface area contributed by atoms with Crippen LogP contribution in [0.3, 0.4) is 0 Å². The number of nitrogens with zero attached hydrogens (tertiary/aromatic N) is 4. The quantitative estimate of drug-likeness (QED) is 0.362. The Hall–Kier alpha value is -4.85. The second kappa shape index (κ2) is 11.9. The van der Waals surface area contributed by atoms with Gasteiger partial charge in [0.2, 0.25) is 0 Å². The third kappa shape index (κ3) is 6.07. The van der Waals surface area contributed by atoms with Crippen LogP contribution in [0.5, 0.6) is 0 Å². The van der Waals surface area contributed by atoms with Crippen molar-refractivity contribution < 1.29 is 19.1 Å². The van der Waals surface area contributed by atoms with Crippen LogP contribution >= 0.6 is 0 Å². The molecule has 2 heterocycles. The van der Waals surface area contributed by atoms with Gasteiger partial charge in [0, 0.05) is 58.7 Å². The molecule has 8 heteroatoms. The highest BCUT2D eigenvalue weighted by molar-refractivity contribution is 6.29. The number of carbonyl (C=O) groups excluding carboxylic acids is 3. The number of urea groups is 1. The Balaban J connectivity index is 1.72. The summed E-state index contributed by atoms with van der Waals surface area (Å²) in [4.78, 5) is 44.9. The molecule has 2 aliphatic heterocycles.